The molecule has 0 spiro atoms. The number of alkyl carbamates (subject to hydrolysis) is 1. The molecule has 4 saturated carbocycles. The van der Waals surface area contributed by atoms with E-state index < -0.39 is 17.6 Å². The van der Waals surface area contributed by atoms with Crippen LogP contribution in [0, 0.1) is 23.7 Å². The maximum absolute atomic E-state index is 12.8. The zero-order chi connectivity index (χ0) is 21.0. The third-order valence-corrected chi connectivity index (χ3v) is 7.76. The number of fused-ring (bicyclic) bond motifs is 1. The SMILES string of the molecule is Cn1cc(C[C@@](C)(NC(=O)OC2C3CC4CC(C3)CC2C4)C(=O)O)c2ccccc21. The Balaban J connectivity index is 1.32. The van der Waals surface area contributed by atoms with Crippen molar-refractivity contribution in [3.8, 4) is 0 Å². The fraction of sp³-hybridized carbons (Fsp3) is 0.583. The van der Waals surface area contributed by atoms with Crippen molar-refractivity contribution in [1.82, 2.24) is 9.88 Å². The fourth-order valence-electron chi connectivity index (χ4n) is 6.57. The Morgan fingerprint density at radius 1 is 1.13 bits per heavy atom. The van der Waals surface area contributed by atoms with Crippen LogP contribution in [-0.4, -0.2) is 33.4 Å². The molecule has 0 radical (unpaired) electrons. The first-order valence-electron chi connectivity index (χ1n) is 11.1. The second-order valence-electron chi connectivity index (χ2n) is 10.0. The van der Waals surface area contributed by atoms with Gasteiger partial charge in [-0.05, 0) is 74.3 Å². The van der Waals surface area contributed by atoms with Crippen LogP contribution in [0.15, 0.2) is 30.5 Å². The highest BCUT2D eigenvalue weighted by Crippen LogP contribution is 2.54. The van der Waals surface area contributed by atoms with Crippen LogP contribution in [0.5, 0.6) is 0 Å². The summed E-state index contributed by atoms with van der Waals surface area (Å²) in [6.07, 6.45) is 7.42. The molecule has 0 aliphatic heterocycles. The van der Waals surface area contributed by atoms with Gasteiger partial charge in [0.2, 0.25) is 0 Å². The first-order chi connectivity index (χ1) is 14.3. The molecule has 4 aliphatic carbocycles. The summed E-state index contributed by atoms with van der Waals surface area (Å²) < 4.78 is 7.87. The van der Waals surface area contributed by atoms with Crippen molar-refractivity contribution < 1.29 is 19.4 Å². The average Bonchev–Trinajstić information content (AvgIpc) is 2.99. The molecular formula is C24H30N2O4. The number of ether oxygens (including phenoxy) is 1. The van der Waals surface area contributed by atoms with Gasteiger partial charge >= 0.3 is 12.1 Å². The first kappa shape index (κ1) is 19.5. The third kappa shape index (κ3) is 3.26. The molecule has 6 nitrogen and oxygen atoms in total. The van der Waals surface area contributed by atoms with E-state index in [4.69, 9.17) is 4.74 Å². The molecule has 1 atom stereocenters. The largest absolute Gasteiger partial charge is 0.480 e. The molecule has 0 saturated heterocycles. The quantitative estimate of drug-likeness (QED) is 0.777. The Morgan fingerprint density at radius 2 is 1.77 bits per heavy atom. The molecule has 0 unspecified atom stereocenters. The zero-order valence-corrected chi connectivity index (χ0v) is 17.6. The van der Waals surface area contributed by atoms with E-state index in [1.807, 2.05) is 42.1 Å². The Morgan fingerprint density at radius 3 is 2.40 bits per heavy atom. The number of rotatable bonds is 5. The number of hydrogen-bond acceptors (Lipinski definition) is 3. The highest BCUT2D eigenvalue weighted by atomic mass is 16.6. The van der Waals surface area contributed by atoms with Gasteiger partial charge in [0.15, 0.2) is 0 Å². The summed E-state index contributed by atoms with van der Waals surface area (Å²) in [6.45, 7) is 1.56. The fourth-order valence-corrected chi connectivity index (χ4v) is 6.57. The van der Waals surface area contributed by atoms with E-state index >= 15 is 0 Å². The first-order valence-corrected chi connectivity index (χ1v) is 11.1. The summed E-state index contributed by atoms with van der Waals surface area (Å²) >= 11 is 0. The summed E-state index contributed by atoms with van der Waals surface area (Å²) in [5.41, 5.74) is 0.497. The molecule has 1 aromatic heterocycles. The minimum atomic E-state index is -1.44. The number of carboxylic acids is 1. The Labute approximate surface area is 176 Å². The third-order valence-electron chi connectivity index (χ3n) is 7.76. The van der Waals surface area contributed by atoms with Gasteiger partial charge in [0, 0.05) is 30.6 Å². The maximum atomic E-state index is 12.8. The number of amides is 1. The molecule has 30 heavy (non-hydrogen) atoms. The van der Waals surface area contributed by atoms with Crippen LogP contribution in [-0.2, 0) is 23.0 Å². The van der Waals surface area contributed by atoms with Gasteiger partial charge in [0.05, 0.1) is 0 Å². The second kappa shape index (κ2) is 7.03. The minimum Gasteiger partial charge on any atom is -0.480 e. The van der Waals surface area contributed by atoms with Crippen molar-refractivity contribution in [3.63, 3.8) is 0 Å². The number of carbonyl (C=O) groups excluding carboxylic acids is 1. The summed E-state index contributed by atoms with van der Waals surface area (Å²) in [5, 5.41) is 13.7. The van der Waals surface area contributed by atoms with Crippen molar-refractivity contribution >= 4 is 23.0 Å². The maximum Gasteiger partial charge on any atom is 0.408 e. The van der Waals surface area contributed by atoms with E-state index in [9.17, 15) is 14.7 Å². The predicted octanol–water partition coefficient (Wildman–Crippen LogP) is 4.12. The van der Waals surface area contributed by atoms with Crippen LogP contribution < -0.4 is 5.32 Å². The summed E-state index contributed by atoms with van der Waals surface area (Å²) in [7, 11) is 1.94. The van der Waals surface area contributed by atoms with Gasteiger partial charge in [0.25, 0.3) is 0 Å². The Bertz CT molecular complexity index is 968. The number of para-hydroxylation sites is 1. The van der Waals surface area contributed by atoms with Crippen LogP contribution in [0.1, 0.15) is 44.6 Å². The number of carbonyl (C=O) groups is 2. The number of nitrogens with zero attached hydrogens (tertiary/aromatic N) is 1. The van der Waals surface area contributed by atoms with Crippen molar-refractivity contribution in [2.75, 3.05) is 0 Å². The summed E-state index contributed by atoms with van der Waals surface area (Å²) in [6, 6.07) is 7.89. The molecule has 1 aromatic carbocycles. The molecular weight excluding hydrogens is 380 g/mol. The predicted molar refractivity (Wildman–Crippen MR) is 113 cm³/mol. The number of carboxylic acid groups (broad SMARTS) is 1. The lowest BCUT2D eigenvalue weighted by Crippen LogP contribution is -2.56. The lowest BCUT2D eigenvalue weighted by molar-refractivity contribution is -0.144. The van der Waals surface area contributed by atoms with Gasteiger partial charge in [-0.25, -0.2) is 9.59 Å². The molecule has 6 rings (SSSR count). The van der Waals surface area contributed by atoms with E-state index in [0.29, 0.717) is 11.8 Å². The highest BCUT2D eigenvalue weighted by molar-refractivity contribution is 5.88. The van der Waals surface area contributed by atoms with Crippen molar-refractivity contribution in [1.29, 1.82) is 0 Å². The molecule has 1 amide bonds. The highest BCUT2D eigenvalue weighted by Gasteiger charge is 2.50. The average molecular weight is 411 g/mol. The van der Waals surface area contributed by atoms with Crippen LogP contribution in [0.4, 0.5) is 4.79 Å². The van der Waals surface area contributed by atoms with Gasteiger partial charge in [-0.1, -0.05) is 18.2 Å². The lowest BCUT2D eigenvalue weighted by Gasteiger charge is -2.53. The standard InChI is InChI=1S/C24H30N2O4/c1-24(22(27)28,12-18-13-26(2)20-6-4-3-5-19(18)20)25-23(29)30-21-16-8-14-7-15(10-16)11-17(21)9-14/h3-6,13-17,21H,7-12H2,1-2H3,(H,25,29)(H,27,28)/t14?,15?,16?,17?,21?,24-/m1/s1. The summed E-state index contributed by atoms with van der Waals surface area (Å²) in [4.78, 5) is 25.0. The van der Waals surface area contributed by atoms with E-state index in [1.165, 1.54) is 6.42 Å². The number of hydrogen-bond donors (Lipinski definition) is 2. The number of nitrogens with one attached hydrogen (secondary N) is 1. The van der Waals surface area contributed by atoms with E-state index in [0.717, 1.165) is 54.0 Å². The molecule has 1 heterocycles. The number of benzene rings is 1. The molecule has 2 N–H and O–H groups in total. The van der Waals surface area contributed by atoms with Crippen molar-refractivity contribution in [2.24, 2.45) is 30.7 Å². The molecule has 4 fully saturated rings. The minimum absolute atomic E-state index is 0.0617. The number of aryl methyl sites for hydroxylation is 1. The van der Waals surface area contributed by atoms with Crippen molar-refractivity contribution in [3.05, 3.63) is 36.0 Å². The van der Waals surface area contributed by atoms with Crippen LogP contribution in [0.25, 0.3) is 10.9 Å². The van der Waals surface area contributed by atoms with Gasteiger partial charge in [-0.3, -0.25) is 0 Å². The van der Waals surface area contributed by atoms with Gasteiger partial charge < -0.3 is 19.7 Å². The Kier molecular flexibility index (Phi) is 4.56. The second-order valence-corrected chi connectivity index (χ2v) is 10.0. The number of aromatic nitrogens is 1. The Hall–Kier alpha value is -2.50. The monoisotopic (exact) mass is 410 g/mol. The summed E-state index contributed by atoms with van der Waals surface area (Å²) in [5.74, 6) is 1.43. The van der Waals surface area contributed by atoms with E-state index in [-0.39, 0.29) is 12.5 Å². The molecule has 4 bridgehead atoms. The zero-order valence-electron chi connectivity index (χ0n) is 17.6. The van der Waals surface area contributed by atoms with Crippen LogP contribution in [0.3, 0.4) is 0 Å². The molecule has 4 aliphatic rings. The number of aliphatic carboxylic acids is 1. The van der Waals surface area contributed by atoms with E-state index in [1.54, 1.807) is 6.92 Å². The van der Waals surface area contributed by atoms with E-state index in [2.05, 4.69) is 5.32 Å². The molecule has 6 heteroatoms. The van der Waals surface area contributed by atoms with Crippen LogP contribution in [0.2, 0.25) is 0 Å². The molecule has 2 aromatic rings. The smallest absolute Gasteiger partial charge is 0.408 e. The lowest BCUT2D eigenvalue weighted by atomic mass is 9.55. The van der Waals surface area contributed by atoms with Crippen LogP contribution >= 0.6 is 0 Å². The van der Waals surface area contributed by atoms with Gasteiger partial charge in [-0.15, -0.1) is 0 Å². The topological polar surface area (TPSA) is 80.6 Å². The normalized spacial score (nSPS) is 31.5. The van der Waals surface area contributed by atoms with Gasteiger partial charge in [0.1, 0.15) is 11.6 Å². The van der Waals surface area contributed by atoms with Gasteiger partial charge in [-0.2, -0.15) is 0 Å². The molecule has 160 valence electrons. The van der Waals surface area contributed by atoms with Crippen molar-refractivity contribution in [2.45, 2.75) is 57.1 Å².